The topological polar surface area (TPSA) is 41.1 Å². The van der Waals surface area contributed by atoms with Crippen molar-refractivity contribution in [1.82, 2.24) is 9.38 Å². The molecule has 2 rings (SSSR count). The second-order valence-electron chi connectivity index (χ2n) is 2.80. The fourth-order valence-electron chi connectivity index (χ4n) is 1.24. The molecule has 0 N–H and O–H groups in total. The highest BCUT2D eigenvalue weighted by molar-refractivity contribution is 5.45. The Kier molecular flexibility index (Phi) is 1.52. The number of hydrogen-bond acceptors (Lipinski definition) is 2. The van der Waals surface area contributed by atoms with Gasteiger partial charge >= 0.3 is 0 Å². The summed E-state index contributed by atoms with van der Waals surface area (Å²) in [5.74, 6) is -0.466. The minimum atomic E-state index is -0.466. The molecule has 0 aliphatic heterocycles. The lowest BCUT2D eigenvalue weighted by molar-refractivity contribution is 0.629. The molecule has 0 radical (unpaired) electrons. The Labute approximate surface area is 74.1 Å². The molecule has 0 bridgehead atoms. The number of hydrogen-bond donors (Lipinski definition) is 0. The molecule has 2 aromatic rings. The molecule has 0 spiro atoms. The van der Waals surface area contributed by atoms with Gasteiger partial charge in [-0.25, -0.2) is 9.37 Å². The molecule has 0 unspecified atom stereocenters. The number of imidazole rings is 1. The smallest absolute Gasteiger partial charge is 0.173 e. The lowest BCUT2D eigenvalue weighted by Crippen LogP contribution is -1.89. The van der Waals surface area contributed by atoms with Crippen LogP contribution in [-0.2, 0) is 0 Å². The molecule has 0 saturated carbocycles. The van der Waals surface area contributed by atoms with E-state index in [9.17, 15) is 4.39 Å². The van der Waals surface area contributed by atoms with Crippen molar-refractivity contribution in [3.63, 3.8) is 0 Å². The Morgan fingerprint density at radius 3 is 3.00 bits per heavy atom. The Bertz CT molecular complexity index is 507. The summed E-state index contributed by atoms with van der Waals surface area (Å²) in [6, 6.07) is 3.06. The van der Waals surface area contributed by atoms with E-state index in [1.807, 2.05) is 6.07 Å². The maximum atomic E-state index is 13.2. The third-order valence-electron chi connectivity index (χ3n) is 1.76. The predicted octanol–water partition coefficient (Wildman–Crippen LogP) is 1.65. The van der Waals surface area contributed by atoms with Gasteiger partial charge in [-0.15, -0.1) is 0 Å². The molecule has 0 amide bonds. The van der Waals surface area contributed by atoms with Gasteiger partial charge in [-0.2, -0.15) is 5.26 Å². The number of aryl methyl sites for hydroxylation is 1. The van der Waals surface area contributed by atoms with Crippen LogP contribution in [0.1, 0.15) is 11.3 Å². The van der Waals surface area contributed by atoms with Crippen molar-refractivity contribution < 1.29 is 4.39 Å². The number of pyridine rings is 1. The van der Waals surface area contributed by atoms with E-state index in [1.165, 1.54) is 10.5 Å². The summed E-state index contributed by atoms with van der Waals surface area (Å²) in [4.78, 5) is 3.97. The van der Waals surface area contributed by atoms with Crippen LogP contribution in [0.15, 0.2) is 18.5 Å². The molecule has 2 aromatic heterocycles. The quantitative estimate of drug-likeness (QED) is 0.610. The molecular formula is C9H6FN3. The zero-order valence-electron chi connectivity index (χ0n) is 6.95. The zero-order chi connectivity index (χ0) is 9.42. The molecule has 0 aliphatic carbocycles. The lowest BCUT2D eigenvalue weighted by Gasteiger charge is -1.94. The first-order valence-electron chi connectivity index (χ1n) is 3.75. The highest BCUT2D eigenvalue weighted by atomic mass is 19.1. The molecule has 0 aliphatic rings. The van der Waals surface area contributed by atoms with Crippen LogP contribution in [0.3, 0.4) is 0 Å². The highest BCUT2D eigenvalue weighted by Crippen LogP contribution is 2.11. The number of halogens is 1. The second kappa shape index (κ2) is 2.56. The van der Waals surface area contributed by atoms with E-state index in [0.29, 0.717) is 5.56 Å². The average Bonchev–Trinajstić information content (AvgIpc) is 2.46. The normalized spacial score (nSPS) is 10.2. The largest absolute Gasteiger partial charge is 0.303 e. The number of aromatic nitrogens is 2. The fraction of sp³-hybridized carbons (Fsp3) is 0.111. The predicted molar refractivity (Wildman–Crippen MR) is 44.6 cm³/mol. The van der Waals surface area contributed by atoms with Crippen LogP contribution in [0.4, 0.5) is 4.39 Å². The van der Waals surface area contributed by atoms with Crippen molar-refractivity contribution in [3.05, 3.63) is 35.5 Å². The molecule has 0 saturated heterocycles. The van der Waals surface area contributed by atoms with E-state index in [1.54, 1.807) is 19.3 Å². The van der Waals surface area contributed by atoms with Crippen LogP contribution in [0.25, 0.3) is 5.65 Å². The van der Waals surface area contributed by atoms with Crippen LogP contribution >= 0.6 is 0 Å². The fourth-order valence-corrected chi connectivity index (χ4v) is 1.24. The van der Waals surface area contributed by atoms with Gasteiger partial charge in [0.25, 0.3) is 0 Å². The molecule has 0 aromatic carbocycles. The maximum Gasteiger partial charge on any atom is 0.173 e. The summed E-state index contributed by atoms with van der Waals surface area (Å²) in [6.45, 7) is 1.78. The number of nitriles is 1. The van der Waals surface area contributed by atoms with E-state index in [-0.39, 0.29) is 5.65 Å². The first kappa shape index (κ1) is 7.74. The van der Waals surface area contributed by atoms with Gasteiger partial charge in [0.2, 0.25) is 0 Å². The van der Waals surface area contributed by atoms with Crippen molar-refractivity contribution in [3.8, 4) is 6.07 Å². The van der Waals surface area contributed by atoms with Gasteiger partial charge in [0, 0.05) is 12.4 Å². The number of nitrogens with zero attached hydrogens (tertiary/aromatic N) is 3. The van der Waals surface area contributed by atoms with Crippen molar-refractivity contribution in [2.45, 2.75) is 6.92 Å². The Morgan fingerprint density at radius 2 is 2.31 bits per heavy atom. The Morgan fingerprint density at radius 1 is 1.54 bits per heavy atom. The molecule has 0 fully saturated rings. The SMILES string of the molecule is Cc1cn2cc(C#N)cc(F)c2n1. The molecule has 13 heavy (non-hydrogen) atoms. The summed E-state index contributed by atoms with van der Waals surface area (Å²) in [5, 5.41) is 8.58. The Hall–Kier alpha value is -1.89. The molecule has 3 nitrogen and oxygen atoms in total. The van der Waals surface area contributed by atoms with Crippen LogP contribution in [-0.4, -0.2) is 9.38 Å². The van der Waals surface area contributed by atoms with Crippen LogP contribution in [0, 0.1) is 24.1 Å². The van der Waals surface area contributed by atoms with Crippen molar-refractivity contribution in [1.29, 1.82) is 5.26 Å². The molecule has 64 valence electrons. The third kappa shape index (κ3) is 1.14. The van der Waals surface area contributed by atoms with Gasteiger partial charge in [0.15, 0.2) is 11.5 Å². The van der Waals surface area contributed by atoms with Crippen molar-refractivity contribution in [2.75, 3.05) is 0 Å². The second-order valence-corrected chi connectivity index (χ2v) is 2.80. The van der Waals surface area contributed by atoms with E-state index < -0.39 is 5.82 Å². The number of rotatable bonds is 0. The first-order valence-corrected chi connectivity index (χ1v) is 3.75. The van der Waals surface area contributed by atoms with Gasteiger partial charge in [-0.05, 0) is 13.0 Å². The van der Waals surface area contributed by atoms with E-state index >= 15 is 0 Å². The van der Waals surface area contributed by atoms with Crippen LogP contribution < -0.4 is 0 Å². The molecule has 0 atom stereocenters. The van der Waals surface area contributed by atoms with Crippen molar-refractivity contribution in [2.24, 2.45) is 0 Å². The minimum absolute atomic E-state index is 0.261. The number of fused-ring (bicyclic) bond motifs is 1. The molecular weight excluding hydrogens is 169 g/mol. The third-order valence-corrected chi connectivity index (χ3v) is 1.76. The summed E-state index contributed by atoms with van der Waals surface area (Å²) in [7, 11) is 0. The van der Waals surface area contributed by atoms with E-state index in [2.05, 4.69) is 4.98 Å². The summed E-state index contributed by atoms with van der Waals surface area (Å²) in [5.41, 5.74) is 1.29. The molecule has 4 heteroatoms. The zero-order valence-corrected chi connectivity index (χ0v) is 6.95. The van der Waals surface area contributed by atoms with Gasteiger partial charge in [-0.3, -0.25) is 0 Å². The van der Waals surface area contributed by atoms with Gasteiger partial charge < -0.3 is 4.40 Å². The maximum absolute atomic E-state index is 13.2. The van der Waals surface area contributed by atoms with Gasteiger partial charge in [-0.1, -0.05) is 0 Å². The minimum Gasteiger partial charge on any atom is -0.303 e. The Balaban J connectivity index is 2.85. The van der Waals surface area contributed by atoms with Gasteiger partial charge in [0.05, 0.1) is 11.3 Å². The molecule has 2 heterocycles. The van der Waals surface area contributed by atoms with Crippen LogP contribution in [0.2, 0.25) is 0 Å². The summed E-state index contributed by atoms with van der Waals surface area (Å²) in [6.07, 6.45) is 3.23. The summed E-state index contributed by atoms with van der Waals surface area (Å²) < 4.78 is 14.7. The summed E-state index contributed by atoms with van der Waals surface area (Å²) >= 11 is 0. The standard InChI is InChI=1S/C9H6FN3/c1-6-4-13-5-7(3-11)2-8(10)9(13)12-6/h2,4-5H,1H3. The van der Waals surface area contributed by atoms with Crippen LogP contribution in [0.5, 0.6) is 0 Å². The monoisotopic (exact) mass is 175 g/mol. The van der Waals surface area contributed by atoms with Gasteiger partial charge in [0.1, 0.15) is 6.07 Å². The van der Waals surface area contributed by atoms with E-state index in [0.717, 1.165) is 5.69 Å². The first-order chi connectivity index (χ1) is 6.20. The van der Waals surface area contributed by atoms with Crippen molar-refractivity contribution >= 4 is 5.65 Å². The highest BCUT2D eigenvalue weighted by Gasteiger charge is 2.05. The average molecular weight is 175 g/mol. The van der Waals surface area contributed by atoms with E-state index in [4.69, 9.17) is 5.26 Å². The lowest BCUT2D eigenvalue weighted by atomic mass is 10.3.